The van der Waals surface area contributed by atoms with Gasteiger partial charge in [0.1, 0.15) is 0 Å². The number of nitrogens with zero attached hydrogens (tertiary/aromatic N) is 1. The summed E-state index contributed by atoms with van der Waals surface area (Å²) in [6, 6.07) is 6.12. The van der Waals surface area contributed by atoms with Crippen molar-refractivity contribution in [3.63, 3.8) is 0 Å². The molecule has 4 heteroatoms. The zero-order valence-corrected chi connectivity index (χ0v) is 10.8. The SMILES string of the molecule is CC1=N[C@H](C)C(c2ccc(Cl)c(Cl)c2)S1. The highest BCUT2D eigenvalue weighted by Gasteiger charge is 2.26. The molecule has 0 fully saturated rings. The Morgan fingerprint density at radius 3 is 2.53 bits per heavy atom. The highest BCUT2D eigenvalue weighted by atomic mass is 35.5. The maximum atomic E-state index is 6.00. The lowest BCUT2D eigenvalue weighted by molar-refractivity contribution is 0.740. The molecule has 0 saturated carbocycles. The molecule has 0 bridgehead atoms. The van der Waals surface area contributed by atoms with Crippen LogP contribution in [0.2, 0.25) is 10.0 Å². The summed E-state index contributed by atoms with van der Waals surface area (Å²) in [5.41, 5.74) is 1.20. The molecular formula is C11H11Cl2NS. The first-order chi connectivity index (χ1) is 7.08. The molecule has 1 aromatic rings. The zero-order valence-electron chi connectivity index (χ0n) is 8.50. The molecule has 1 aliphatic heterocycles. The van der Waals surface area contributed by atoms with Gasteiger partial charge in [0.25, 0.3) is 0 Å². The van der Waals surface area contributed by atoms with Crippen molar-refractivity contribution in [2.24, 2.45) is 4.99 Å². The molecular weight excluding hydrogens is 249 g/mol. The first kappa shape index (κ1) is 11.3. The van der Waals surface area contributed by atoms with E-state index in [1.165, 1.54) is 5.56 Å². The molecule has 1 aliphatic rings. The molecule has 0 saturated heterocycles. The van der Waals surface area contributed by atoms with Crippen molar-refractivity contribution in [1.82, 2.24) is 0 Å². The van der Waals surface area contributed by atoms with Gasteiger partial charge in [-0.15, -0.1) is 11.8 Å². The molecule has 1 heterocycles. The minimum absolute atomic E-state index is 0.312. The van der Waals surface area contributed by atoms with Gasteiger partial charge in [0, 0.05) is 0 Å². The number of rotatable bonds is 1. The fraction of sp³-hybridized carbons (Fsp3) is 0.364. The summed E-state index contributed by atoms with van der Waals surface area (Å²) in [5, 5.41) is 2.73. The Bertz CT molecular complexity index is 417. The summed E-state index contributed by atoms with van der Waals surface area (Å²) >= 11 is 13.7. The molecule has 0 radical (unpaired) electrons. The lowest BCUT2D eigenvalue weighted by atomic mass is 10.1. The van der Waals surface area contributed by atoms with Gasteiger partial charge in [0.05, 0.1) is 26.4 Å². The highest BCUT2D eigenvalue weighted by molar-refractivity contribution is 8.14. The van der Waals surface area contributed by atoms with Gasteiger partial charge in [-0.1, -0.05) is 29.3 Å². The summed E-state index contributed by atoms with van der Waals surface area (Å²) < 4.78 is 0. The van der Waals surface area contributed by atoms with E-state index in [1.54, 1.807) is 11.8 Å². The molecule has 2 atom stereocenters. The van der Waals surface area contributed by atoms with E-state index >= 15 is 0 Å². The van der Waals surface area contributed by atoms with Crippen LogP contribution in [0.1, 0.15) is 24.7 Å². The van der Waals surface area contributed by atoms with Crippen molar-refractivity contribution in [3.8, 4) is 0 Å². The zero-order chi connectivity index (χ0) is 11.0. The molecule has 0 spiro atoms. The lowest BCUT2D eigenvalue weighted by Gasteiger charge is -2.14. The van der Waals surface area contributed by atoms with Gasteiger partial charge < -0.3 is 0 Å². The van der Waals surface area contributed by atoms with Crippen LogP contribution in [-0.2, 0) is 0 Å². The van der Waals surface area contributed by atoms with Gasteiger partial charge in [0.15, 0.2) is 0 Å². The monoisotopic (exact) mass is 259 g/mol. The molecule has 0 aromatic heterocycles. The van der Waals surface area contributed by atoms with Crippen LogP contribution in [0.5, 0.6) is 0 Å². The van der Waals surface area contributed by atoms with Gasteiger partial charge in [0.2, 0.25) is 0 Å². The van der Waals surface area contributed by atoms with E-state index in [4.69, 9.17) is 23.2 Å². The molecule has 1 aromatic carbocycles. The molecule has 0 N–H and O–H groups in total. The average molecular weight is 260 g/mol. The van der Waals surface area contributed by atoms with E-state index in [2.05, 4.69) is 11.9 Å². The molecule has 1 unspecified atom stereocenters. The van der Waals surface area contributed by atoms with Gasteiger partial charge in [-0.3, -0.25) is 4.99 Å². The maximum absolute atomic E-state index is 6.00. The minimum atomic E-state index is 0.312. The third-order valence-electron chi connectivity index (χ3n) is 2.39. The van der Waals surface area contributed by atoms with Crippen LogP contribution < -0.4 is 0 Å². The third kappa shape index (κ3) is 2.32. The minimum Gasteiger partial charge on any atom is -0.279 e. The first-order valence-electron chi connectivity index (χ1n) is 4.74. The van der Waals surface area contributed by atoms with Crippen LogP contribution in [0.25, 0.3) is 0 Å². The smallest absolute Gasteiger partial charge is 0.0655 e. The normalized spacial score (nSPS) is 25.5. The number of hydrogen-bond acceptors (Lipinski definition) is 2. The van der Waals surface area contributed by atoms with Crippen molar-refractivity contribution in [2.45, 2.75) is 25.1 Å². The van der Waals surface area contributed by atoms with E-state index in [1.807, 2.05) is 25.1 Å². The molecule has 2 rings (SSSR count). The Morgan fingerprint density at radius 2 is 2.00 bits per heavy atom. The number of thioether (sulfide) groups is 1. The summed E-state index contributed by atoms with van der Waals surface area (Å²) in [4.78, 5) is 4.50. The lowest BCUT2D eigenvalue weighted by Crippen LogP contribution is -2.04. The van der Waals surface area contributed by atoms with Gasteiger partial charge in [-0.2, -0.15) is 0 Å². The van der Waals surface area contributed by atoms with Crippen molar-refractivity contribution in [3.05, 3.63) is 33.8 Å². The highest BCUT2D eigenvalue weighted by Crippen LogP contribution is 2.41. The Morgan fingerprint density at radius 1 is 1.27 bits per heavy atom. The maximum Gasteiger partial charge on any atom is 0.0655 e. The van der Waals surface area contributed by atoms with Crippen molar-refractivity contribution in [1.29, 1.82) is 0 Å². The van der Waals surface area contributed by atoms with Crippen LogP contribution in [-0.4, -0.2) is 11.1 Å². The average Bonchev–Trinajstić information content (AvgIpc) is 2.50. The summed E-state index contributed by atoms with van der Waals surface area (Å²) in [5.74, 6) is 0. The van der Waals surface area contributed by atoms with Crippen molar-refractivity contribution < 1.29 is 0 Å². The second-order valence-electron chi connectivity index (χ2n) is 3.60. The van der Waals surface area contributed by atoms with Crippen LogP contribution in [0, 0.1) is 0 Å². The van der Waals surface area contributed by atoms with Crippen LogP contribution >= 0.6 is 35.0 Å². The number of hydrogen-bond donors (Lipinski definition) is 0. The van der Waals surface area contributed by atoms with E-state index in [0.717, 1.165) is 5.04 Å². The fourth-order valence-corrected chi connectivity index (χ4v) is 3.14. The van der Waals surface area contributed by atoms with Crippen molar-refractivity contribution in [2.75, 3.05) is 0 Å². The second-order valence-corrected chi connectivity index (χ2v) is 5.75. The number of benzene rings is 1. The Balaban J connectivity index is 2.28. The summed E-state index contributed by atoms with van der Waals surface area (Å²) in [7, 11) is 0. The largest absolute Gasteiger partial charge is 0.279 e. The quantitative estimate of drug-likeness (QED) is 0.719. The first-order valence-corrected chi connectivity index (χ1v) is 6.37. The predicted octanol–water partition coefficient (Wildman–Crippen LogP) is 4.59. The molecule has 80 valence electrons. The molecule has 0 amide bonds. The van der Waals surface area contributed by atoms with E-state index in [-0.39, 0.29) is 0 Å². The van der Waals surface area contributed by atoms with Gasteiger partial charge in [-0.25, -0.2) is 0 Å². The second kappa shape index (κ2) is 4.36. The number of aliphatic imine (C=N–C) groups is 1. The molecule has 1 nitrogen and oxygen atoms in total. The molecule has 15 heavy (non-hydrogen) atoms. The van der Waals surface area contributed by atoms with Gasteiger partial charge >= 0.3 is 0 Å². The summed E-state index contributed by atoms with van der Waals surface area (Å²) in [6.45, 7) is 4.16. The van der Waals surface area contributed by atoms with E-state index < -0.39 is 0 Å². The van der Waals surface area contributed by atoms with Crippen molar-refractivity contribution >= 4 is 40.0 Å². The predicted molar refractivity (Wildman–Crippen MR) is 69.4 cm³/mol. The Kier molecular flexibility index (Phi) is 3.29. The van der Waals surface area contributed by atoms with Crippen LogP contribution in [0.3, 0.4) is 0 Å². The summed E-state index contributed by atoms with van der Waals surface area (Å²) in [6.07, 6.45) is 0. The van der Waals surface area contributed by atoms with E-state index in [9.17, 15) is 0 Å². The topological polar surface area (TPSA) is 12.4 Å². The van der Waals surface area contributed by atoms with Gasteiger partial charge in [-0.05, 0) is 31.5 Å². The van der Waals surface area contributed by atoms with E-state index in [0.29, 0.717) is 21.3 Å². The van der Waals surface area contributed by atoms with Crippen LogP contribution in [0.15, 0.2) is 23.2 Å². The Labute approximate surface area is 104 Å². The fourth-order valence-electron chi connectivity index (χ4n) is 1.70. The number of halogens is 2. The van der Waals surface area contributed by atoms with Crippen LogP contribution in [0.4, 0.5) is 0 Å². The third-order valence-corrected chi connectivity index (χ3v) is 4.50. The Hall–Kier alpha value is -0.180. The molecule has 0 aliphatic carbocycles. The standard InChI is InChI=1S/C11H11Cl2NS/c1-6-11(15-7(2)14-6)8-3-4-9(12)10(13)5-8/h3-6,11H,1-2H3/t6-,11?/m1/s1.